The second kappa shape index (κ2) is 5.85. The van der Waals surface area contributed by atoms with Crippen molar-refractivity contribution in [3.63, 3.8) is 0 Å². The first-order valence-electron chi connectivity index (χ1n) is 7.14. The van der Waals surface area contributed by atoms with E-state index in [0.717, 1.165) is 17.2 Å². The fraction of sp³-hybridized carbons (Fsp3) is 0.375. The second-order valence-corrected chi connectivity index (χ2v) is 6.44. The van der Waals surface area contributed by atoms with Gasteiger partial charge in [-0.1, -0.05) is 19.9 Å². The van der Waals surface area contributed by atoms with Crippen molar-refractivity contribution < 1.29 is 9.47 Å². The number of nitrogen functional groups attached to an aromatic ring is 1. The lowest BCUT2D eigenvalue weighted by atomic mass is 10.0. The van der Waals surface area contributed by atoms with E-state index in [9.17, 15) is 0 Å². The Hall–Kier alpha value is -1.88. The molecule has 1 aliphatic heterocycles. The Bertz CT molecular complexity index is 611. The number of fused-ring (bicyclic) bond motifs is 1. The molecule has 1 unspecified atom stereocenters. The van der Waals surface area contributed by atoms with Crippen molar-refractivity contribution in [2.24, 2.45) is 5.92 Å². The largest absolute Gasteiger partial charge is 0.486 e. The van der Waals surface area contributed by atoms with Gasteiger partial charge in [0.1, 0.15) is 13.2 Å². The van der Waals surface area contributed by atoms with Crippen molar-refractivity contribution in [3.05, 3.63) is 34.5 Å². The Kier molecular flexibility index (Phi) is 3.92. The number of ether oxygens (including phenoxy) is 2. The molecule has 0 fully saturated rings. The Balaban J connectivity index is 1.89. The zero-order chi connectivity index (χ0) is 14.8. The first kappa shape index (κ1) is 14.1. The van der Waals surface area contributed by atoms with Crippen molar-refractivity contribution >= 4 is 22.7 Å². The molecule has 21 heavy (non-hydrogen) atoms. The van der Waals surface area contributed by atoms with Gasteiger partial charge in [0.15, 0.2) is 11.5 Å². The van der Waals surface area contributed by atoms with Gasteiger partial charge in [0.25, 0.3) is 0 Å². The number of rotatable bonds is 4. The number of thiophene rings is 1. The highest BCUT2D eigenvalue weighted by molar-refractivity contribution is 7.10. The normalized spacial score (nSPS) is 15.0. The van der Waals surface area contributed by atoms with Crippen LogP contribution in [0.1, 0.15) is 24.8 Å². The first-order valence-corrected chi connectivity index (χ1v) is 8.02. The lowest BCUT2D eigenvalue weighted by Gasteiger charge is -2.25. The van der Waals surface area contributed by atoms with Gasteiger partial charge in [0, 0.05) is 17.0 Å². The lowest BCUT2D eigenvalue weighted by Crippen LogP contribution is -2.18. The zero-order valence-corrected chi connectivity index (χ0v) is 13.1. The molecule has 1 atom stereocenters. The number of nitrogens with two attached hydrogens (primary N) is 1. The maximum atomic E-state index is 6.15. The van der Waals surface area contributed by atoms with Crippen molar-refractivity contribution in [2.75, 3.05) is 24.3 Å². The standard InChI is InChI=1S/C16H20N2O2S/c1-10(2)16(15-4-3-7-21-15)18-12-9-14-13(8-11(12)17)19-5-6-20-14/h3-4,7-10,16,18H,5-6,17H2,1-2H3. The van der Waals surface area contributed by atoms with Gasteiger partial charge < -0.3 is 20.5 Å². The van der Waals surface area contributed by atoms with Gasteiger partial charge in [-0.05, 0) is 17.4 Å². The van der Waals surface area contributed by atoms with Gasteiger partial charge in [-0.3, -0.25) is 0 Å². The Morgan fingerprint density at radius 3 is 2.52 bits per heavy atom. The summed E-state index contributed by atoms with van der Waals surface area (Å²) in [6.07, 6.45) is 0. The van der Waals surface area contributed by atoms with E-state index >= 15 is 0 Å². The van der Waals surface area contributed by atoms with Crippen molar-refractivity contribution in [2.45, 2.75) is 19.9 Å². The molecule has 0 bridgehead atoms. The van der Waals surface area contributed by atoms with Gasteiger partial charge in [-0.2, -0.15) is 0 Å². The quantitative estimate of drug-likeness (QED) is 0.841. The van der Waals surface area contributed by atoms with Gasteiger partial charge in [-0.25, -0.2) is 0 Å². The van der Waals surface area contributed by atoms with E-state index in [-0.39, 0.29) is 6.04 Å². The smallest absolute Gasteiger partial charge is 0.163 e. The topological polar surface area (TPSA) is 56.5 Å². The van der Waals surface area contributed by atoms with E-state index in [1.54, 1.807) is 11.3 Å². The van der Waals surface area contributed by atoms with E-state index in [1.165, 1.54) is 4.88 Å². The van der Waals surface area contributed by atoms with Crippen LogP contribution >= 0.6 is 11.3 Å². The predicted molar refractivity (Wildman–Crippen MR) is 87.4 cm³/mol. The number of hydrogen-bond donors (Lipinski definition) is 2. The van der Waals surface area contributed by atoms with E-state index < -0.39 is 0 Å². The highest BCUT2D eigenvalue weighted by atomic mass is 32.1. The summed E-state index contributed by atoms with van der Waals surface area (Å²) < 4.78 is 11.2. The molecular formula is C16H20N2O2S. The summed E-state index contributed by atoms with van der Waals surface area (Å²) >= 11 is 1.75. The van der Waals surface area contributed by atoms with Crippen LogP contribution in [0.5, 0.6) is 11.5 Å². The average Bonchev–Trinajstić information content (AvgIpc) is 2.98. The molecule has 2 aromatic rings. The summed E-state index contributed by atoms with van der Waals surface area (Å²) in [4.78, 5) is 1.30. The van der Waals surface area contributed by atoms with E-state index in [4.69, 9.17) is 15.2 Å². The summed E-state index contributed by atoms with van der Waals surface area (Å²) in [5.41, 5.74) is 7.73. The Labute approximate surface area is 128 Å². The summed E-state index contributed by atoms with van der Waals surface area (Å²) in [7, 11) is 0. The van der Waals surface area contributed by atoms with Crippen LogP contribution in [-0.2, 0) is 0 Å². The molecule has 4 nitrogen and oxygen atoms in total. The van der Waals surface area contributed by atoms with Crippen LogP contribution in [0.25, 0.3) is 0 Å². The number of nitrogens with one attached hydrogen (secondary N) is 1. The molecule has 1 aromatic heterocycles. The molecule has 3 rings (SSSR count). The molecule has 0 amide bonds. The maximum absolute atomic E-state index is 6.15. The van der Waals surface area contributed by atoms with Gasteiger partial charge in [0.05, 0.1) is 17.4 Å². The molecule has 0 spiro atoms. The molecule has 5 heteroatoms. The third kappa shape index (κ3) is 2.93. The highest BCUT2D eigenvalue weighted by Gasteiger charge is 2.20. The summed E-state index contributed by atoms with van der Waals surface area (Å²) in [5.74, 6) is 1.93. The van der Waals surface area contributed by atoms with Crippen molar-refractivity contribution in [3.8, 4) is 11.5 Å². The summed E-state index contributed by atoms with van der Waals surface area (Å²) in [6.45, 7) is 5.55. The maximum Gasteiger partial charge on any atom is 0.163 e. The minimum Gasteiger partial charge on any atom is -0.486 e. The van der Waals surface area contributed by atoms with Gasteiger partial charge in [0.2, 0.25) is 0 Å². The highest BCUT2D eigenvalue weighted by Crippen LogP contribution is 2.39. The number of anilines is 2. The molecule has 0 radical (unpaired) electrons. The van der Waals surface area contributed by atoms with E-state index in [0.29, 0.717) is 24.8 Å². The average molecular weight is 304 g/mol. The van der Waals surface area contributed by atoms with Crippen LogP contribution in [0.4, 0.5) is 11.4 Å². The molecule has 0 aliphatic carbocycles. The molecule has 112 valence electrons. The van der Waals surface area contributed by atoms with E-state index in [1.807, 2.05) is 12.1 Å². The summed E-state index contributed by atoms with van der Waals surface area (Å²) in [5, 5.41) is 5.65. The first-order chi connectivity index (χ1) is 10.1. The lowest BCUT2D eigenvalue weighted by molar-refractivity contribution is 0.172. The minimum absolute atomic E-state index is 0.231. The van der Waals surface area contributed by atoms with Crippen LogP contribution in [0, 0.1) is 5.92 Å². The Morgan fingerprint density at radius 1 is 1.19 bits per heavy atom. The fourth-order valence-corrected chi connectivity index (χ4v) is 3.38. The molecule has 2 heterocycles. The van der Waals surface area contributed by atoms with Crippen LogP contribution in [0.2, 0.25) is 0 Å². The van der Waals surface area contributed by atoms with Crippen molar-refractivity contribution in [1.82, 2.24) is 0 Å². The third-order valence-corrected chi connectivity index (χ3v) is 4.50. The van der Waals surface area contributed by atoms with Crippen LogP contribution in [-0.4, -0.2) is 13.2 Å². The monoisotopic (exact) mass is 304 g/mol. The molecular weight excluding hydrogens is 284 g/mol. The molecule has 0 saturated heterocycles. The molecule has 1 aromatic carbocycles. The van der Waals surface area contributed by atoms with Gasteiger partial charge >= 0.3 is 0 Å². The third-order valence-electron chi connectivity index (χ3n) is 3.54. The van der Waals surface area contributed by atoms with Gasteiger partial charge in [-0.15, -0.1) is 11.3 Å². The SMILES string of the molecule is CC(C)C(Nc1cc2c(cc1N)OCCO2)c1cccs1. The number of benzene rings is 1. The van der Waals surface area contributed by atoms with Crippen LogP contribution in [0.3, 0.4) is 0 Å². The number of hydrogen-bond acceptors (Lipinski definition) is 5. The second-order valence-electron chi connectivity index (χ2n) is 5.46. The minimum atomic E-state index is 0.231. The molecule has 0 saturated carbocycles. The Morgan fingerprint density at radius 2 is 1.90 bits per heavy atom. The van der Waals surface area contributed by atoms with E-state index in [2.05, 4.69) is 36.7 Å². The molecule has 3 N–H and O–H groups in total. The predicted octanol–water partition coefficient (Wildman–Crippen LogP) is 3.91. The van der Waals surface area contributed by atoms with Crippen LogP contribution < -0.4 is 20.5 Å². The zero-order valence-electron chi connectivity index (χ0n) is 12.3. The fourth-order valence-electron chi connectivity index (χ4n) is 2.43. The molecule has 1 aliphatic rings. The van der Waals surface area contributed by atoms with Crippen LogP contribution in [0.15, 0.2) is 29.6 Å². The van der Waals surface area contributed by atoms with Crippen molar-refractivity contribution in [1.29, 1.82) is 0 Å². The summed E-state index contributed by atoms with van der Waals surface area (Å²) in [6, 6.07) is 8.23.